The minimum absolute atomic E-state index is 0.130. The quantitative estimate of drug-likeness (QED) is 0.689. The molecule has 1 N–H and O–H groups in total. The fourth-order valence-corrected chi connectivity index (χ4v) is 2.81. The van der Waals surface area contributed by atoms with Gasteiger partial charge >= 0.3 is 0 Å². The zero-order chi connectivity index (χ0) is 18.5. The number of nitrogens with zero attached hydrogens (tertiary/aromatic N) is 3. The van der Waals surface area contributed by atoms with Crippen molar-refractivity contribution in [3.8, 4) is 17.5 Å². The van der Waals surface area contributed by atoms with Crippen molar-refractivity contribution < 1.29 is 9.21 Å². The van der Waals surface area contributed by atoms with E-state index in [4.69, 9.17) is 9.68 Å². The Bertz CT molecular complexity index is 991. The highest BCUT2D eigenvalue weighted by Gasteiger charge is 2.12. The monoisotopic (exact) mass is 364 g/mol. The first-order chi connectivity index (χ1) is 12.5. The zero-order valence-corrected chi connectivity index (χ0v) is 15.1. The Balaban J connectivity index is 1.60. The summed E-state index contributed by atoms with van der Waals surface area (Å²) in [5.74, 6) is 0.347. The maximum atomic E-state index is 12.0. The molecular formula is C19H16N4O2S. The van der Waals surface area contributed by atoms with Gasteiger partial charge in [-0.2, -0.15) is 5.26 Å². The number of rotatable bonds is 5. The number of amides is 1. The zero-order valence-electron chi connectivity index (χ0n) is 14.3. The van der Waals surface area contributed by atoms with Crippen molar-refractivity contribution in [2.24, 2.45) is 0 Å². The summed E-state index contributed by atoms with van der Waals surface area (Å²) >= 11 is 1.16. The average molecular weight is 364 g/mol. The second-order valence-corrected chi connectivity index (χ2v) is 6.63. The van der Waals surface area contributed by atoms with Crippen LogP contribution in [0.5, 0.6) is 0 Å². The minimum atomic E-state index is -0.212. The van der Waals surface area contributed by atoms with Crippen molar-refractivity contribution in [1.29, 1.82) is 5.26 Å². The standard InChI is InChI=1S/C19H16N4O2S/c1-12-6-7-15(8-13(12)2)18-22-23-19(25-18)26-11-17(24)21-16-5-3-4-14(9-16)10-20/h3-9H,11H2,1-2H3,(H,21,24). The first kappa shape index (κ1) is 17.7. The van der Waals surface area contributed by atoms with Gasteiger partial charge in [-0.1, -0.05) is 23.9 Å². The topological polar surface area (TPSA) is 91.8 Å². The second kappa shape index (κ2) is 7.85. The Kier molecular flexibility index (Phi) is 5.34. The lowest BCUT2D eigenvalue weighted by atomic mass is 10.1. The third kappa shape index (κ3) is 4.29. The fraction of sp³-hybridized carbons (Fsp3) is 0.158. The molecule has 1 aromatic heterocycles. The summed E-state index contributed by atoms with van der Waals surface area (Å²) in [7, 11) is 0. The molecule has 0 radical (unpaired) electrons. The van der Waals surface area contributed by atoms with Gasteiger partial charge in [0.1, 0.15) is 0 Å². The largest absolute Gasteiger partial charge is 0.411 e. The molecule has 0 spiro atoms. The van der Waals surface area contributed by atoms with Crippen LogP contribution in [0.4, 0.5) is 5.69 Å². The number of carbonyl (C=O) groups excluding carboxylic acids is 1. The van der Waals surface area contributed by atoms with Gasteiger partial charge in [0.25, 0.3) is 5.22 Å². The Hall–Kier alpha value is -3.11. The van der Waals surface area contributed by atoms with Crippen LogP contribution in [0.1, 0.15) is 16.7 Å². The smallest absolute Gasteiger partial charge is 0.277 e. The van der Waals surface area contributed by atoms with Crippen molar-refractivity contribution in [3.63, 3.8) is 0 Å². The van der Waals surface area contributed by atoms with Gasteiger partial charge in [0.05, 0.1) is 17.4 Å². The third-order valence-corrected chi connectivity index (χ3v) is 4.58. The number of aryl methyl sites for hydroxylation is 2. The lowest BCUT2D eigenvalue weighted by Crippen LogP contribution is -2.14. The van der Waals surface area contributed by atoms with Crippen LogP contribution >= 0.6 is 11.8 Å². The molecule has 0 aliphatic carbocycles. The van der Waals surface area contributed by atoms with Crippen molar-refractivity contribution in [3.05, 3.63) is 59.2 Å². The summed E-state index contributed by atoms with van der Waals surface area (Å²) in [5, 5.41) is 20.0. The van der Waals surface area contributed by atoms with E-state index in [0.717, 1.165) is 22.9 Å². The predicted molar refractivity (Wildman–Crippen MR) is 99.7 cm³/mol. The molecule has 130 valence electrons. The van der Waals surface area contributed by atoms with E-state index < -0.39 is 0 Å². The maximum Gasteiger partial charge on any atom is 0.277 e. The summed E-state index contributed by atoms with van der Waals surface area (Å²) in [6.45, 7) is 4.07. The lowest BCUT2D eigenvalue weighted by molar-refractivity contribution is -0.113. The molecule has 1 amide bonds. The van der Waals surface area contributed by atoms with Crippen LogP contribution in [-0.4, -0.2) is 21.9 Å². The van der Waals surface area contributed by atoms with E-state index in [1.807, 2.05) is 38.1 Å². The van der Waals surface area contributed by atoms with Gasteiger partial charge in [-0.05, 0) is 55.3 Å². The molecule has 3 rings (SSSR count). The molecule has 2 aromatic carbocycles. The summed E-state index contributed by atoms with van der Waals surface area (Å²) in [4.78, 5) is 12.0. The SMILES string of the molecule is Cc1ccc(-c2nnc(SCC(=O)Nc3cccc(C#N)c3)o2)cc1C. The van der Waals surface area contributed by atoms with Gasteiger partial charge in [0.2, 0.25) is 11.8 Å². The fourth-order valence-electron chi connectivity index (χ4n) is 2.25. The molecule has 3 aromatic rings. The number of benzene rings is 2. The lowest BCUT2D eigenvalue weighted by Gasteiger charge is -2.04. The summed E-state index contributed by atoms with van der Waals surface area (Å²) in [6, 6.07) is 14.7. The Morgan fingerprint density at radius 1 is 1.19 bits per heavy atom. The van der Waals surface area contributed by atoms with E-state index in [1.165, 1.54) is 5.56 Å². The molecule has 0 bridgehead atoms. The Morgan fingerprint density at radius 3 is 2.81 bits per heavy atom. The molecule has 0 saturated heterocycles. The second-order valence-electron chi connectivity index (χ2n) is 5.70. The Labute approximate surface area is 155 Å². The molecule has 0 unspecified atom stereocenters. The van der Waals surface area contributed by atoms with E-state index in [0.29, 0.717) is 22.4 Å². The molecule has 0 atom stereocenters. The molecule has 0 aliphatic rings. The van der Waals surface area contributed by atoms with Crippen molar-refractivity contribution in [2.45, 2.75) is 19.1 Å². The van der Waals surface area contributed by atoms with Crippen LogP contribution in [0.15, 0.2) is 52.1 Å². The van der Waals surface area contributed by atoms with E-state index in [-0.39, 0.29) is 11.7 Å². The first-order valence-corrected chi connectivity index (χ1v) is 8.87. The number of carbonyl (C=O) groups is 1. The number of nitriles is 1. The number of anilines is 1. The van der Waals surface area contributed by atoms with Gasteiger partial charge < -0.3 is 9.73 Å². The van der Waals surface area contributed by atoms with Gasteiger partial charge in [-0.25, -0.2) is 0 Å². The van der Waals surface area contributed by atoms with Crippen LogP contribution in [0.2, 0.25) is 0 Å². The van der Waals surface area contributed by atoms with Crippen LogP contribution in [0.25, 0.3) is 11.5 Å². The highest BCUT2D eigenvalue weighted by molar-refractivity contribution is 7.99. The van der Waals surface area contributed by atoms with E-state index in [1.54, 1.807) is 24.3 Å². The Morgan fingerprint density at radius 2 is 2.04 bits per heavy atom. The highest BCUT2D eigenvalue weighted by atomic mass is 32.2. The number of hydrogen-bond donors (Lipinski definition) is 1. The van der Waals surface area contributed by atoms with Gasteiger partial charge in [0.15, 0.2) is 0 Å². The van der Waals surface area contributed by atoms with Crippen molar-refractivity contribution in [1.82, 2.24) is 10.2 Å². The maximum absolute atomic E-state index is 12.0. The molecule has 0 saturated carbocycles. The van der Waals surface area contributed by atoms with E-state index in [9.17, 15) is 4.79 Å². The molecule has 7 heteroatoms. The van der Waals surface area contributed by atoms with Crippen molar-refractivity contribution in [2.75, 3.05) is 11.1 Å². The van der Waals surface area contributed by atoms with Crippen molar-refractivity contribution >= 4 is 23.4 Å². The number of nitrogens with one attached hydrogen (secondary N) is 1. The predicted octanol–water partition coefficient (Wildman–Crippen LogP) is 3.96. The van der Waals surface area contributed by atoms with Crippen LogP contribution < -0.4 is 5.32 Å². The summed E-state index contributed by atoms with van der Waals surface area (Å²) < 4.78 is 5.62. The molecule has 1 heterocycles. The summed E-state index contributed by atoms with van der Waals surface area (Å²) in [5.41, 5.74) is 4.26. The molecule has 0 aliphatic heterocycles. The van der Waals surface area contributed by atoms with E-state index in [2.05, 4.69) is 15.5 Å². The normalized spacial score (nSPS) is 10.3. The van der Waals surface area contributed by atoms with Crippen LogP contribution in [0.3, 0.4) is 0 Å². The highest BCUT2D eigenvalue weighted by Crippen LogP contribution is 2.25. The number of hydrogen-bond acceptors (Lipinski definition) is 6. The van der Waals surface area contributed by atoms with Gasteiger partial charge in [0, 0.05) is 11.3 Å². The average Bonchev–Trinajstić information content (AvgIpc) is 3.11. The molecular weight excluding hydrogens is 348 g/mol. The van der Waals surface area contributed by atoms with Gasteiger partial charge in [-0.15, -0.1) is 10.2 Å². The summed E-state index contributed by atoms with van der Waals surface area (Å²) in [6.07, 6.45) is 0. The number of aromatic nitrogens is 2. The molecule has 26 heavy (non-hydrogen) atoms. The van der Waals surface area contributed by atoms with Crippen LogP contribution in [0, 0.1) is 25.2 Å². The van der Waals surface area contributed by atoms with Crippen LogP contribution in [-0.2, 0) is 4.79 Å². The number of thioether (sulfide) groups is 1. The van der Waals surface area contributed by atoms with E-state index >= 15 is 0 Å². The molecule has 6 nitrogen and oxygen atoms in total. The van der Waals surface area contributed by atoms with Gasteiger partial charge in [-0.3, -0.25) is 4.79 Å². The minimum Gasteiger partial charge on any atom is -0.411 e. The molecule has 0 fully saturated rings. The third-order valence-electron chi connectivity index (χ3n) is 3.76. The first-order valence-electron chi connectivity index (χ1n) is 7.89.